The van der Waals surface area contributed by atoms with E-state index in [9.17, 15) is 14.4 Å². The summed E-state index contributed by atoms with van der Waals surface area (Å²) in [7, 11) is 0. The first-order chi connectivity index (χ1) is 15.1. The normalized spacial score (nSPS) is 24.2. The van der Waals surface area contributed by atoms with Gasteiger partial charge in [-0.15, -0.1) is 0 Å². The smallest absolute Gasteiger partial charge is 0.251 e. The zero-order chi connectivity index (χ0) is 21.8. The Morgan fingerprint density at radius 2 is 1.71 bits per heavy atom. The van der Waals surface area contributed by atoms with Gasteiger partial charge in [0, 0.05) is 51.4 Å². The molecule has 3 fully saturated rings. The second kappa shape index (κ2) is 9.81. The highest BCUT2D eigenvalue weighted by Gasteiger charge is 2.39. The van der Waals surface area contributed by atoms with Crippen molar-refractivity contribution in [1.82, 2.24) is 9.80 Å². The van der Waals surface area contributed by atoms with Crippen molar-refractivity contribution in [2.45, 2.75) is 51.6 Å². The van der Waals surface area contributed by atoms with Gasteiger partial charge in [-0.3, -0.25) is 14.4 Å². The summed E-state index contributed by atoms with van der Waals surface area (Å²) in [5, 5.41) is 0. The van der Waals surface area contributed by atoms with E-state index in [1.165, 1.54) is 5.56 Å². The molecule has 168 valence electrons. The van der Waals surface area contributed by atoms with E-state index in [1.807, 2.05) is 21.9 Å². The van der Waals surface area contributed by atoms with Gasteiger partial charge in [0.2, 0.25) is 11.8 Å². The fourth-order valence-corrected chi connectivity index (χ4v) is 4.73. The third kappa shape index (κ3) is 4.92. The van der Waals surface area contributed by atoms with Crippen molar-refractivity contribution in [2.75, 3.05) is 44.2 Å². The van der Waals surface area contributed by atoms with E-state index in [2.05, 4.69) is 19.1 Å². The Bertz CT molecular complexity index is 796. The van der Waals surface area contributed by atoms with Crippen LogP contribution in [0.1, 0.15) is 44.6 Å². The summed E-state index contributed by atoms with van der Waals surface area (Å²) >= 11 is 0. The van der Waals surface area contributed by atoms with Crippen LogP contribution in [-0.4, -0.2) is 73.0 Å². The van der Waals surface area contributed by atoms with Crippen LogP contribution in [0.15, 0.2) is 24.3 Å². The standard InChI is InChI=1S/C24H33N3O4/c1-2-3-5-18-7-9-20(10-8-18)27-17-19(16-22(27)28)23(29)25-11-13-26(14-12-25)24(30)21-6-4-15-31-21/h7-10,19,21H,2-6,11-17H2,1H3. The molecule has 1 aromatic rings. The zero-order valence-electron chi connectivity index (χ0n) is 18.4. The van der Waals surface area contributed by atoms with Gasteiger partial charge in [0.25, 0.3) is 5.91 Å². The summed E-state index contributed by atoms with van der Waals surface area (Å²) in [5.74, 6) is -0.228. The highest BCUT2D eigenvalue weighted by atomic mass is 16.5. The lowest BCUT2D eigenvalue weighted by Crippen LogP contribution is -2.54. The van der Waals surface area contributed by atoms with Crippen LogP contribution in [0.3, 0.4) is 0 Å². The SMILES string of the molecule is CCCCc1ccc(N2CC(C(=O)N3CCN(C(=O)C4CCCO4)CC3)CC2=O)cc1. The molecule has 3 saturated heterocycles. The maximum atomic E-state index is 13.0. The summed E-state index contributed by atoms with van der Waals surface area (Å²) in [6.45, 7) is 5.38. The first-order valence-electron chi connectivity index (χ1n) is 11.6. The minimum atomic E-state index is -0.312. The number of benzene rings is 1. The minimum absolute atomic E-state index is 0.00635. The Morgan fingerprint density at radius 3 is 2.32 bits per heavy atom. The highest BCUT2D eigenvalue weighted by molar-refractivity contribution is 6.00. The molecule has 3 heterocycles. The molecule has 0 N–H and O–H groups in total. The number of carbonyl (C=O) groups excluding carboxylic acids is 3. The number of aryl methyl sites for hydroxylation is 1. The Kier molecular flexibility index (Phi) is 6.90. The summed E-state index contributed by atoms with van der Waals surface area (Å²) in [6, 6.07) is 8.14. The lowest BCUT2D eigenvalue weighted by Gasteiger charge is -2.36. The third-order valence-corrected chi connectivity index (χ3v) is 6.65. The molecule has 3 aliphatic rings. The van der Waals surface area contributed by atoms with Gasteiger partial charge in [0.05, 0.1) is 5.92 Å². The zero-order valence-corrected chi connectivity index (χ0v) is 18.4. The van der Waals surface area contributed by atoms with Crippen LogP contribution in [-0.2, 0) is 25.5 Å². The predicted molar refractivity (Wildman–Crippen MR) is 118 cm³/mol. The first-order valence-corrected chi connectivity index (χ1v) is 11.6. The molecule has 1 aromatic carbocycles. The van der Waals surface area contributed by atoms with Crippen molar-refractivity contribution in [3.05, 3.63) is 29.8 Å². The van der Waals surface area contributed by atoms with Crippen molar-refractivity contribution in [3.8, 4) is 0 Å². The van der Waals surface area contributed by atoms with Crippen molar-refractivity contribution in [3.63, 3.8) is 0 Å². The molecule has 2 unspecified atom stereocenters. The second-order valence-electron chi connectivity index (χ2n) is 8.83. The molecule has 0 aliphatic carbocycles. The molecule has 4 rings (SSSR count). The van der Waals surface area contributed by atoms with Crippen molar-refractivity contribution < 1.29 is 19.1 Å². The number of amides is 3. The molecule has 0 radical (unpaired) electrons. The van der Waals surface area contributed by atoms with Crippen LogP contribution < -0.4 is 4.90 Å². The van der Waals surface area contributed by atoms with Crippen molar-refractivity contribution >= 4 is 23.4 Å². The van der Waals surface area contributed by atoms with E-state index < -0.39 is 0 Å². The predicted octanol–water partition coefficient (Wildman–Crippen LogP) is 2.23. The number of hydrogen-bond donors (Lipinski definition) is 0. The van der Waals surface area contributed by atoms with Crippen LogP contribution >= 0.6 is 0 Å². The van der Waals surface area contributed by atoms with Gasteiger partial charge in [-0.1, -0.05) is 25.5 Å². The molecule has 3 amide bonds. The first kappa shape index (κ1) is 21.8. The molecule has 0 saturated carbocycles. The molecule has 7 heteroatoms. The molecule has 0 spiro atoms. The molecule has 31 heavy (non-hydrogen) atoms. The minimum Gasteiger partial charge on any atom is -0.368 e. The molecular formula is C24H33N3O4. The van der Waals surface area contributed by atoms with E-state index in [-0.39, 0.29) is 36.2 Å². The number of hydrogen-bond acceptors (Lipinski definition) is 4. The van der Waals surface area contributed by atoms with Gasteiger partial charge in [-0.2, -0.15) is 0 Å². The summed E-state index contributed by atoms with van der Waals surface area (Å²) < 4.78 is 5.50. The maximum absolute atomic E-state index is 13.0. The van der Waals surface area contributed by atoms with E-state index >= 15 is 0 Å². The molecular weight excluding hydrogens is 394 g/mol. The largest absolute Gasteiger partial charge is 0.368 e. The van der Waals surface area contributed by atoms with Gasteiger partial charge in [-0.25, -0.2) is 0 Å². The maximum Gasteiger partial charge on any atom is 0.251 e. The van der Waals surface area contributed by atoms with Crippen molar-refractivity contribution in [1.29, 1.82) is 0 Å². The molecule has 2 atom stereocenters. The van der Waals surface area contributed by atoms with Gasteiger partial charge >= 0.3 is 0 Å². The summed E-state index contributed by atoms with van der Waals surface area (Å²) in [6.07, 6.45) is 5.04. The summed E-state index contributed by atoms with van der Waals surface area (Å²) in [4.78, 5) is 43.5. The van der Waals surface area contributed by atoms with Crippen LogP contribution in [0.4, 0.5) is 5.69 Å². The van der Waals surface area contributed by atoms with E-state index in [4.69, 9.17) is 4.74 Å². The highest BCUT2D eigenvalue weighted by Crippen LogP contribution is 2.27. The van der Waals surface area contributed by atoms with Gasteiger partial charge in [0.15, 0.2) is 0 Å². The lowest BCUT2D eigenvalue weighted by atomic mass is 10.1. The number of carbonyl (C=O) groups is 3. The van der Waals surface area contributed by atoms with E-state index in [0.29, 0.717) is 39.3 Å². The van der Waals surface area contributed by atoms with Crippen LogP contribution in [0, 0.1) is 5.92 Å². The number of unbranched alkanes of at least 4 members (excludes halogenated alkanes) is 1. The van der Waals surface area contributed by atoms with Gasteiger partial charge < -0.3 is 19.4 Å². The summed E-state index contributed by atoms with van der Waals surface area (Å²) in [5.41, 5.74) is 2.15. The topological polar surface area (TPSA) is 70.2 Å². The Labute approximate surface area is 184 Å². The quantitative estimate of drug-likeness (QED) is 0.698. The van der Waals surface area contributed by atoms with Crippen LogP contribution in [0.2, 0.25) is 0 Å². The second-order valence-corrected chi connectivity index (χ2v) is 8.83. The van der Waals surface area contributed by atoms with E-state index in [0.717, 1.165) is 37.8 Å². The Hall–Kier alpha value is -2.41. The molecule has 0 aromatic heterocycles. The fourth-order valence-electron chi connectivity index (χ4n) is 4.73. The Morgan fingerprint density at radius 1 is 1.03 bits per heavy atom. The average Bonchev–Trinajstić information content (AvgIpc) is 3.47. The lowest BCUT2D eigenvalue weighted by molar-refractivity contribution is -0.147. The number of anilines is 1. The monoisotopic (exact) mass is 427 g/mol. The average molecular weight is 428 g/mol. The van der Waals surface area contributed by atoms with Gasteiger partial charge in [-0.05, 0) is 43.4 Å². The van der Waals surface area contributed by atoms with Crippen LogP contribution in [0.5, 0.6) is 0 Å². The Balaban J connectivity index is 1.30. The third-order valence-electron chi connectivity index (χ3n) is 6.65. The van der Waals surface area contributed by atoms with Gasteiger partial charge in [0.1, 0.15) is 6.10 Å². The number of nitrogens with zero attached hydrogens (tertiary/aromatic N) is 3. The molecule has 0 bridgehead atoms. The number of piperazine rings is 1. The fraction of sp³-hybridized carbons (Fsp3) is 0.625. The van der Waals surface area contributed by atoms with E-state index in [1.54, 1.807) is 4.90 Å². The van der Waals surface area contributed by atoms with Crippen molar-refractivity contribution in [2.24, 2.45) is 5.92 Å². The number of ether oxygens (including phenoxy) is 1. The molecule has 7 nitrogen and oxygen atoms in total. The number of rotatable bonds is 6. The molecule has 3 aliphatic heterocycles. The van der Waals surface area contributed by atoms with Crippen LogP contribution in [0.25, 0.3) is 0 Å².